The summed E-state index contributed by atoms with van der Waals surface area (Å²) >= 11 is 5.77. The molecule has 0 unspecified atom stereocenters. The highest BCUT2D eigenvalue weighted by Crippen LogP contribution is 2.17. The van der Waals surface area contributed by atoms with E-state index in [0.29, 0.717) is 10.7 Å². The second-order valence-corrected chi connectivity index (χ2v) is 6.08. The van der Waals surface area contributed by atoms with Gasteiger partial charge in [-0.15, -0.1) is 0 Å². The number of nitrogens with zero attached hydrogens (tertiary/aromatic N) is 1. The molecule has 1 aromatic carbocycles. The predicted molar refractivity (Wildman–Crippen MR) is 72.3 cm³/mol. The molecule has 0 spiro atoms. The minimum atomic E-state index is -3.24. The molecular formula is C11H15ClN2O3S. The zero-order valence-corrected chi connectivity index (χ0v) is 11.8. The van der Waals surface area contributed by atoms with Crippen LogP contribution in [0.1, 0.15) is 6.92 Å². The lowest BCUT2D eigenvalue weighted by atomic mass is 10.3. The summed E-state index contributed by atoms with van der Waals surface area (Å²) in [6.07, 6.45) is 1.08. The van der Waals surface area contributed by atoms with Crippen LogP contribution in [0.15, 0.2) is 24.3 Å². The van der Waals surface area contributed by atoms with Crippen LogP contribution in [0, 0.1) is 0 Å². The molecule has 0 atom stereocenters. The number of rotatable bonds is 5. The molecule has 0 bridgehead atoms. The highest BCUT2D eigenvalue weighted by molar-refractivity contribution is 7.88. The van der Waals surface area contributed by atoms with Crippen LogP contribution in [0.2, 0.25) is 5.02 Å². The maximum atomic E-state index is 11.5. The van der Waals surface area contributed by atoms with Crippen molar-refractivity contribution < 1.29 is 13.2 Å². The third kappa shape index (κ3) is 5.03. The summed E-state index contributed by atoms with van der Waals surface area (Å²) in [6.45, 7) is 1.86. The summed E-state index contributed by atoms with van der Waals surface area (Å²) in [5.74, 6) is -0.160. The molecule has 0 fully saturated rings. The number of halogens is 1. The van der Waals surface area contributed by atoms with Crippen LogP contribution in [0.25, 0.3) is 0 Å². The molecule has 0 aliphatic rings. The van der Waals surface area contributed by atoms with Gasteiger partial charge in [0.1, 0.15) is 0 Å². The van der Waals surface area contributed by atoms with E-state index in [9.17, 15) is 13.2 Å². The molecule has 1 amide bonds. The van der Waals surface area contributed by atoms with Gasteiger partial charge in [-0.05, 0) is 24.3 Å². The molecule has 0 saturated heterocycles. The van der Waals surface area contributed by atoms with Crippen molar-refractivity contribution in [2.45, 2.75) is 6.92 Å². The van der Waals surface area contributed by atoms with Gasteiger partial charge in [0.15, 0.2) is 0 Å². The summed E-state index contributed by atoms with van der Waals surface area (Å²) in [5, 5.41) is 0.580. The van der Waals surface area contributed by atoms with E-state index in [-0.39, 0.29) is 19.0 Å². The average Bonchev–Trinajstić information content (AvgIpc) is 2.24. The van der Waals surface area contributed by atoms with E-state index in [0.717, 1.165) is 6.26 Å². The zero-order chi connectivity index (χ0) is 13.8. The summed E-state index contributed by atoms with van der Waals surface area (Å²) in [6, 6.07) is 6.78. The maximum Gasteiger partial charge on any atom is 0.223 e. The third-order valence-corrected chi connectivity index (χ3v) is 3.20. The Morgan fingerprint density at radius 1 is 1.33 bits per heavy atom. The van der Waals surface area contributed by atoms with Crippen molar-refractivity contribution in [1.82, 2.24) is 4.72 Å². The highest BCUT2D eigenvalue weighted by Gasteiger charge is 2.11. The van der Waals surface area contributed by atoms with Gasteiger partial charge in [-0.2, -0.15) is 0 Å². The van der Waals surface area contributed by atoms with Crippen LogP contribution in [0.3, 0.4) is 0 Å². The SMILES string of the molecule is CC(=O)N(CCNS(C)(=O)=O)c1ccc(Cl)cc1. The lowest BCUT2D eigenvalue weighted by Gasteiger charge is -2.21. The van der Waals surface area contributed by atoms with Gasteiger partial charge in [0.05, 0.1) is 6.26 Å². The first kappa shape index (κ1) is 14.9. The Hall–Kier alpha value is -1.11. The third-order valence-electron chi connectivity index (χ3n) is 2.22. The van der Waals surface area contributed by atoms with Gasteiger partial charge >= 0.3 is 0 Å². The summed E-state index contributed by atoms with van der Waals surface area (Å²) in [5.41, 5.74) is 0.683. The standard InChI is InChI=1S/C11H15ClN2O3S/c1-9(15)14(8-7-13-18(2,16)17)11-5-3-10(12)4-6-11/h3-6,13H,7-8H2,1-2H3. The van der Waals surface area contributed by atoms with Crippen molar-refractivity contribution in [3.63, 3.8) is 0 Å². The predicted octanol–water partition coefficient (Wildman–Crippen LogP) is 1.24. The average molecular weight is 291 g/mol. The molecule has 0 aromatic heterocycles. The Kier molecular flexibility index (Phi) is 5.13. The number of hydrogen-bond donors (Lipinski definition) is 1. The van der Waals surface area contributed by atoms with Crippen molar-refractivity contribution in [3.05, 3.63) is 29.3 Å². The minimum absolute atomic E-state index is 0.160. The Labute approximate surface area is 112 Å². The Morgan fingerprint density at radius 2 is 1.89 bits per heavy atom. The fourth-order valence-corrected chi connectivity index (χ4v) is 2.02. The largest absolute Gasteiger partial charge is 0.311 e. The van der Waals surface area contributed by atoms with Crippen LogP contribution in [0.5, 0.6) is 0 Å². The summed E-state index contributed by atoms with van der Waals surface area (Å²) in [7, 11) is -3.24. The lowest BCUT2D eigenvalue weighted by molar-refractivity contribution is -0.116. The smallest absolute Gasteiger partial charge is 0.223 e. The van der Waals surface area contributed by atoms with Gasteiger partial charge in [-0.25, -0.2) is 13.1 Å². The van der Waals surface area contributed by atoms with Gasteiger partial charge in [-0.1, -0.05) is 11.6 Å². The van der Waals surface area contributed by atoms with Gasteiger partial charge in [-0.3, -0.25) is 4.79 Å². The molecular weight excluding hydrogens is 276 g/mol. The number of carbonyl (C=O) groups excluding carboxylic acids is 1. The van der Waals surface area contributed by atoms with E-state index >= 15 is 0 Å². The molecule has 1 N–H and O–H groups in total. The highest BCUT2D eigenvalue weighted by atomic mass is 35.5. The number of sulfonamides is 1. The van der Waals surface area contributed by atoms with Gasteiger partial charge in [0.2, 0.25) is 15.9 Å². The number of benzene rings is 1. The minimum Gasteiger partial charge on any atom is -0.311 e. The lowest BCUT2D eigenvalue weighted by Crippen LogP contribution is -2.37. The van der Waals surface area contributed by atoms with Crippen molar-refractivity contribution in [2.24, 2.45) is 0 Å². The fraction of sp³-hybridized carbons (Fsp3) is 0.364. The molecule has 5 nitrogen and oxygen atoms in total. The van der Waals surface area contributed by atoms with Gasteiger partial charge in [0.25, 0.3) is 0 Å². The molecule has 1 rings (SSSR count). The van der Waals surface area contributed by atoms with Crippen LogP contribution >= 0.6 is 11.6 Å². The number of hydrogen-bond acceptors (Lipinski definition) is 3. The first-order valence-corrected chi connectivity index (χ1v) is 7.55. The van der Waals surface area contributed by atoms with E-state index in [1.165, 1.54) is 11.8 Å². The second kappa shape index (κ2) is 6.17. The maximum absolute atomic E-state index is 11.5. The Balaban J connectivity index is 2.72. The van der Waals surface area contributed by atoms with E-state index < -0.39 is 10.0 Å². The number of anilines is 1. The van der Waals surface area contributed by atoms with E-state index in [4.69, 9.17) is 11.6 Å². The Bertz CT molecular complexity index is 514. The van der Waals surface area contributed by atoms with Crippen LogP contribution < -0.4 is 9.62 Å². The molecule has 0 aliphatic heterocycles. The molecule has 7 heteroatoms. The first-order valence-electron chi connectivity index (χ1n) is 5.28. The number of amides is 1. The Morgan fingerprint density at radius 3 is 2.33 bits per heavy atom. The fourth-order valence-electron chi connectivity index (χ4n) is 1.43. The van der Waals surface area contributed by atoms with Crippen LogP contribution in [-0.4, -0.2) is 33.7 Å². The van der Waals surface area contributed by atoms with E-state index in [2.05, 4.69) is 4.72 Å². The van der Waals surface area contributed by atoms with Gasteiger partial charge < -0.3 is 4.90 Å². The second-order valence-electron chi connectivity index (χ2n) is 3.81. The summed E-state index contributed by atoms with van der Waals surface area (Å²) in [4.78, 5) is 13.0. The van der Waals surface area contributed by atoms with Crippen molar-refractivity contribution in [1.29, 1.82) is 0 Å². The van der Waals surface area contributed by atoms with Crippen LogP contribution in [0.4, 0.5) is 5.69 Å². The first-order chi connectivity index (χ1) is 8.29. The van der Waals surface area contributed by atoms with Crippen molar-refractivity contribution >= 4 is 33.2 Å². The normalized spacial score (nSPS) is 11.3. The number of nitrogens with one attached hydrogen (secondary N) is 1. The number of carbonyl (C=O) groups is 1. The topological polar surface area (TPSA) is 66.5 Å². The summed E-state index contributed by atoms with van der Waals surface area (Å²) < 4.78 is 24.2. The molecule has 1 aromatic rings. The van der Waals surface area contributed by atoms with Crippen molar-refractivity contribution in [3.8, 4) is 0 Å². The monoisotopic (exact) mass is 290 g/mol. The molecule has 0 radical (unpaired) electrons. The van der Waals surface area contributed by atoms with Crippen LogP contribution in [-0.2, 0) is 14.8 Å². The molecule has 18 heavy (non-hydrogen) atoms. The van der Waals surface area contributed by atoms with Crippen molar-refractivity contribution in [2.75, 3.05) is 24.2 Å². The molecule has 0 heterocycles. The molecule has 100 valence electrons. The van der Waals surface area contributed by atoms with E-state index in [1.54, 1.807) is 24.3 Å². The van der Waals surface area contributed by atoms with Gasteiger partial charge in [0, 0.05) is 30.7 Å². The zero-order valence-electron chi connectivity index (χ0n) is 10.2. The van der Waals surface area contributed by atoms with E-state index in [1.807, 2.05) is 0 Å². The molecule has 0 saturated carbocycles. The molecule has 0 aliphatic carbocycles. The quantitative estimate of drug-likeness (QED) is 0.887.